The molecule has 2 aromatic rings. The van der Waals surface area contributed by atoms with Crippen LogP contribution in [-0.2, 0) is 15.7 Å². The zero-order chi connectivity index (χ0) is 25.9. The Morgan fingerprint density at radius 1 is 1.03 bits per heavy atom. The van der Waals surface area contributed by atoms with Gasteiger partial charge in [-0.25, -0.2) is 4.79 Å². The van der Waals surface area contributed by atoms with E-state index in [1.54, 1.807) is 4.90 Å². The summed E-state index contributed by atoms with van der Waals surface area (Å²) < 4.78 is 43.8. The number of hydrogen-bond acceptors (Lipinski definition) is 4. The summed E-state index contributed by atoms with van der Waals surface area (Å²) in [6.07, 6.45) is -3.26. The van der Waals surface area contributed by atoms with Crippen molar-refractivity contribution >= 4 is 29.0 Å². The molecule has 2 aromatic carbocycles. The van der Waals surface area contributed by atoms with E-state index in [0.717, 1.165) is 30.1 Å². The first-order valence-corrected chi connectivity index (χ1v) is 12.1. The van der Waals surface area contributed by atoms with E-state index in [1.165, 1.54) is 12.1 Å². The average Bonchev–Trinajstić information content (AvgIpc) is 2.85. The number of anilines is 3. The van der Waals surface area contributed by atoms with Crippen molar-refractivity contribution < 1.29 is 27.5 Å². The highest BCUT2D eigenvalue weighted by Gasteiger charge is 2.32. The van der Waals surface area contributed by atoms with E-state index in [4.69, 9.17) is 4.74 Å². The first kappa shape index (κ1) is 25.8. The highest BCUT2D eigenvalue weighted by Crippen LogP contribution is 2.30. The Morgan fingerprint density at radius 2 is 1.69 bits per heavy atom. The Bertz CT molecular complexity index is 1060. The van der Waals surface area contributed by atoms with Gasteiger partial charge in [0.05, 0.1) is 24.8 Å². The highest BCUT2D eigenvalue weighted by atomic mass is 19.4. The Labute approximate surface area is 208 Å². The van der Waals surface area contributed by atoms with Crippen molar-refractivity contribution in [1.82, 2.24) is 5.32 Å². The number of benzene rings is 2. The van der Waals surface area contributed by atoms with Crippen LogP contribution in [0, 0.1) is 5.92 Å². The number of piperidine rings is 1. The van der Waals surface area contributed by atoms with Crippen molar-refractivity contribution in [3.8, 4) is 0 Å². The largest absolute Gasteiger partial charge is 0.416 e. The number of morpholine rings is 1. The minimum atomic E-state index is -4.45. The lowest BCUT2D eigenvalue weighted by Crippen LogP contribution is -2.53. The highest BCUT2D eigenvalue weighted by molar-refractivity contribution is 6.01. The van der Waals surface area contributed by atoms with Gasteiger partial charge in [-0.3, -0.25) is 4.79 Å². The van der Waals surface area contributed by atoms with E-state index in [2.05, 4.69) is 29.4 Å². The van der Waals surface area contributed by atoms with E-state index in [-0.39, 0.29) is 17.6 Å². The predicted octanol–water partition coefficient (Wildman–Crippen LogP) is 4.88. The molecule has 36 heavy (non-hydrogen) atoms. The van der Waals surface area contributed by atoms with Crippen molar-refractivity contribution in [3.05, 3.63) is 54.1 Å². The molecule has 194 valence electrons. The number of ether oxygens (including phenoxy) is 1. The van der Waals surface area contributed by atoms with Gasteiger partial charge in [0, 0.05) is 30.2 Å². The van der Waals surface area contributed by atoms with Gasteiger partial charge in [0.25, 0.3) is 0 Å². The first-order valence-electron chi connectivity index (χ1n) is 12.1. The summed E-state index contributed by atoms with van der Waals surface area (Å²) in [5.41, 5.74) is 1.24. The van der Waals surface area contributed by atoms with Gasteiger partial charge in [-0.15, -0.1) is 0 Å². The fourth-order valence-corrected chi connectivity index (χ4v) is 4.65. The van der Waals surface area contributed by atoms with Gasteiger partial charge in [-0.2, -0.15) is 13.2 Å². The topological polar surface area (TPSA) is 73.9 Å². The number of alkyl halides is 3. The fourth-order valence-electron chi connectivity index (χ4n) is 4.65. The molecule has 0 aliphatic carbocycles. The number of amides is 3. The van der Waals surface area contributed by atoms with Gasteiger partial charge < -0.3 is 25.2 Å². The average molecular weight is 505 g/mol. The van der Waals surface area contributed by atoms with Crippen LogP contribution < -0.4 is 20.4 Å². The molecule has 2 fully saturated rings. The van der Waals surface area contributed by atoms with Crippen LogP contribution in [0.15, 0.2) is 48.5 Å². The van der Waals surface area contributed by atoms with Crippen LogP contribution in [0.1, 0.15) is 32.3 Å². The molecule has 3 amide bonds. The summed E-state index contributed by atoms with van der Waals surface area (Å²) in [5, 5.41) is 5.15. The Morgan fingerprint density at radius 3 is 2.33 bits per heavy atom. The molecule has 0 bridgehead atoms. The van der Waals surface area contributed by atoms with Gasteiger partial charge in [-0.1, -0.05) is 13.8 Å². The first-order chi connectivity index (χ1) is 17.1. The second-order valence-electron chi connectivity index (χ2n) is 9.45. The quantitative estimate of drug-likeness (QED) is 0.609. The lowest BCUT2D eigenvalue weighted by Gasteiger charge is -2.40. The second-order valence-corrected chi connectivity index (χ2v) is 9.45. The third kappa shape index (κ3) is 5.92. The molecule has 10 heteroatoms. The molecule has 2 atom stereocenters. The molecule has 7 nitrogen and oxygen atoms in total. The Kier molecular flexibility index (Phi) is 7.73. The Balaban J connectivity index is 1.38. The third-order valence-electron chi connectivity index (χ3n) is 6.64. The van der Waals surface area contributed by atoms with E-state index in [0.29, 0.717) is 38.5 Å². The molecule has 0 spiro atoms. The summed E-state index contributed by atoms with van der Waals surface area (Å²) in [7, 11) is 0. The number of rotatable bonds is 5. The maximum atomic E-state index is 13.1. The van der Waals surface area contributed by atoms with E-state index < -0.39 is 23.8 Å². The standard InChI is InChI=1S/C26H31F3N4O3/c1-17(2)23-16-36-15-14-32(23)20-9-11-21(12-10-20)33-13-3-4-22(24(33)34)31-25(35)30-19-7-5-18(6-8-19)26(27,28)29/h5-12,17,22-23H,3-4,13-16H2,1-2H3,(H2,30,31,35)/t22-,23?/m1/s1. The molecule has 4 rings (SSSR count). The van der Waals surface area contributed by atoms with Crippen molar-refractivity contribution in [2.45, 2.75) is 44.9 Å². The van der Waals surface area contributed by atoms with Crippen LogP contribution in [-0.4, -0.2) is 50.3 Å². The van der Waals surface area contributed by atoms with Gasteiger partial charge in [0.1, 0.15) is 6.04 Å². The fraction of sp³-hybridized carbons (Fsp3) is 0.462. The van der Waals surface area contributed by atoms with Crippen molar-refractivity contribution in [2.75, 3.05) is 41.4 Å². The van der Waals surface area contributed by atoms with Crippen LogP contribution in [0.25, 0.3) is 0 Å². The summed E-state index contributed by atoms with van der Waals surface area (Å²) >= 11 is 0. The van der Waals surface area contributed by atoms with Gasteiger partial charge in [0.2, 0.25) is 5.91 Å². The zero-order valence-electron chi connectivity index (χ0n) is 20.3. The molecule has 1 unspecified atom stereocenters. The monoisotopic (exact) mass is 504 g/mol. The number of halogens is 3. The van der Waals surface area contributed by atoms with Crippen LogP contribution in [0.4, 0.5) is 35.0 Å². The molecular formula is C26H31F3N4O3. The summed E-state index contributed by atoms with van der Waals surface area (Å²) in [5.74, 6) is 0.220. The van der Waals surface area contributed by atoms with E-state index in [9.17, 15) is 22.8 Å². The molecule has 2 aliphatic rings. The summed E-state index contributed by atoms with van der Waals surface area (Å²) in [6, 6.07) is 10.9. The van der Waals surface area contributed by atoms with E-state index in [1.807, 2.05) is 24.3 Å². The smallest absolute Gasteiger partial charge is 0.377 e. The van der Waals surface area contributed by atoms with Crippen LogP contribution >= 0.6 is 0 Å². The van der Waals surface area contributed by atoms with Crippen molar-refractivity contribution in [3.63, 3.8) is 0 Å². The van der Waals surface area contributed by atoms with Crippen LogP contribution in [0.3, 0.4) is 0 Å². The number of nitrogens with one attached hydrogen (secondary N) is 2. The summed E-state index contributed by atoms with van der Waals surface area (Å²) in [6.45, 7) is 7.07. The second kappa shape index (κ2) is 10.8. The minimum absolute atomic E-state index is 0.207. The van der Waals surface area contributed by atoms with Crippen molar-refractivity contribution in [2.24, 2.45) is 5.92 Å². The molecule has 2 heterocycles. The maximum Gasteiger partial charge on any atom is 0.416 e. The van der Waals surface area contributed by atoms with Crippen molar-refractivity contribution in [1.29, 1.82) is 0 Å². The number of nitrogens with zero attached hydrogens (tertiary/aromatic N) is 2. The van der Waals surface area contributed by atoms with E-state index >= 15 is 0 Å². The molecule has 0 saturated carbocycles. The zero-order valence-corrected chi connectivity index (χ0v) is 20.3. The Hall–Kier alpha value is -3.27. The molecule has 0 radical (unpaired) electrons. The van der Waals surface area contributed by atoms with Gasteiger partial charge in [0.15, 0.2) is 0 Å². The lowest BCUT2D eigenvalue weighted by atomic mass is 10.0. The van der Waals surface area contributed by atoms with Crippen LogP contribution in [0.2, 0.25) is 0 Å². The maximum absolute atomic E-state index is 13.1. The molecule has 2 N–H and O–H groups in total. The van der Waals surface area contributed by atoms with Crippen LogP contribution in [0.5, 0.6) is 0 Å². The molecular weight excluding hydrogens is 473 g/mol. The molecule has 0 aromatic heterocycles. The lowest BCUT2D eigenvalue weighted by molar-refractivity contribution is -0.137. The predicted molar refractivity (Wildman–Crippen MR) is 132 cm³/mol. The number of carbonyl (C=O) groups is 2. The number of hydrogen-bond donors (Lipinski definition) is 2. The van der Waals surface area contributed by atoms with Gasteiger partial charge >= 0.3 is 12.2 Å². The number of urea groups is 1. The molecule has 2 aliphatic heterocycles. The number of carbonyl (C=O) groups excluding carboxylic acids is 2. The summed E-state index contributed by atoms with van der Waals surface area (Å²) in [4.78, 5) is 29.6. The SMILES string of the molecule is CC(C)C1COCCN1c1ccc(N2CCC[C@@H](NC(=O)Nc3ccc(C(F)(F)F)cc3)C2=O)cc1. The minimum Gasteiger partial charge on any atom is -0.377 e. The third-order valence-corrected chi connectivity index (χ3v) is 6.64. The van der Waals surface area contributed by atoms with Gasteiger partial charge in [-0.05, 0) is 67.3 Å². The normalized spacial score (nSPS) is 21.0. The molecule has 2 saturated heterocycles.